The first kappa shape index (κ1) is 58.6. The third kappa shape index (κ3) is 11.9. The summed E-state index contributed by atoms with van der Waals surface area (Å²) in [5.74, 6) is 1.12. The Hall–Kier alpha value is -9.79. The van der Waals surface area contributed by atoms with Gasteiger partial charge in [0.2, 0.25) is 23.7 Å². The van der Waals surface area contributed by atoms with Crippen LogP contribution in [0.25, 0.3) is 44.6 Å². The van der Waals surface area contributed by atoms with E-state index in [9.17, 15) is 45.3 Å². The number of nitriles is 2. The van der Waals surface area contributed by atoms with E-state index in [1.165, 1.54) is 0 Å². The predicted octanol–water partition coefficient (Wildman–Crippen LogP) is 4.55. The van der Waals surface area contributed by atoms with Gasteiger partial charge in [-0.3, -0.25) is 9.59 Å². The summed E-state index contributed by atoms with van der Waals surface area (Å²) in [7, 11) is 0. The van der Waals surface area contributed by atoms with Crippen molar-refractivity contribution < 1.29 is 34.8 Å². The molecule has 0 spiro atoms. The Morgan fingerprint density at radius 2 is 0.955 bits per heavy atom. The summed E-state index contributed by atoms with van der Waals surface area (Å²) in [4.78, 5) is 72.2. The van der Waals surface area contributed by atoms with Crippen molar-refractivity contribution in [1.82, 2.24) is 60.3 Å². The number of carbonyl (C=O) groups excluding carboxylic acids is 3. The van der Waals surface area contributed by atoms with Crippen molar-refractivity contribution >= 4 is 63.7 Å². The molecule has 2 saturated heterocycles. The number of hydrogen-bond donors (Lipinski definition) is 10. The van der Waals surface area contributed by atoms with Crippen LogP contribution in [0.2, 0.25) is 0 Å². The summed E-state index contributed by atoms with van der Waals surface area (Å²) in [6.07, 6.45) is 0.310. The van der Waals surface area contributed by atoms with Gasteiger partial charge in [-0.2, -0.15) is 30.5 Å². The van der Waals surface area contributed by atoms with Crippen LogP contribution in [0.3, 0.4) is 0 Å². The van der Waals surface area contributed by atoms with Crippen LogP contribution < -0.4 is 41.7 Å². The molecule has 4 aromatic heterocycles. The van der Waals surface area contributed by atoms with Gasteiger partial charge in [0.1, 0.15) is 24.4 Å². The van der Waals surface area contributed by atoms with Crippen LogP contribution in [0, 0.1) is 22.7 Å². The molecule has 4 aromatic carbocycles. The quantitative estimate of drug-likeness (QED) is 0.0563. The van der Waals surface area contributed by atoms with Crippen molar-refractivity contribution in [1.29, 1.82) is 10.5 Å². The zero-order valence-corrected chi connectivity index (χ0v) is 48.5. The first-order valence-electron chi connectivity index (χ1n) is 29.8. The van der Waals surface area contributed by atoms with Gasteiger partial charge in [-0.05, 0) is 71.2 Å². The molecule has 2 aliphatic carbocycles. The van der Waals surface area contributed by atoms with Crippen molar-refractivity contribution in [3.8, 4) is 34.4 Å². The summed E-state index contributed by atoms with van der Waals surface area (Å²) >= 11 is 0. The van der Waals surface area contributed by atoms with Gasteiger partial charge >= 0.3 is 6.03 Å². The Morgan fingerprint density at radius 3 is 1.35 bits per heavy atom. The maximum Gasteiger partial charge on any atom is 0.315 e. The number of amides is 4. The van der Waals surface area contributed by atoms with Gasteiger partial charge in [-0.1, -0.05) is 98.8 Å². The molecule has 4 fully saturated rings. The lowest BCUT2D eigenvalue weighted by atomic mass is 9.99. The number of rotatable bonds is 18. The number of nitrogens with zero attached hydrogens (tertiary/aromatic N) is 12. The third-order valence-corrected chi connectivity index (χ3v) is 17.3. The molecule has 10 atom stereocenters. The van der Waals surface area contributed by atoms with E-state index in [1.807, 2.05) is 94.7 Å². The monoisotopic (exact) mass is 1190 g/mol. The number of imidazole rings is 2. The Labute approximate surface area is 506 Å². The number of fused-ring (bicyclic) bond motifs is 2. The highest BCUT2D eigenvalue weighted by atomic mass is 16.3. The van der Waals surface area contributed by atoms with Gasteiger partial charge in [0.25, 0.3) is 0 Å². The lowest BCUT2D eigenvalue weighted by molar-refractivity contribution is -0.123. The van der Waals surface area contributed by atoms with Gasteiger partial charge in [-0.15, -0.1) is 0 Å². The molecule has 25 nitrogen and oxygen atoms in total. The van der Waals surface area contributed by atoms with Crippen LogP contribution in [-0.4, -0.2) is 152 Å². The van der Waals surface area contributed by atoms with Crippen LogP contribution >= 0.6 is 0 Å². The van der Waals surface area contributed by atoms with E-state index in [0.717, 1.165) is 33.4 Å². The van der Waals surface area contributed by atoms with Gasteiger partial charge in [0.15, 0.2) is 34.0 Å². The molecule has 0 radical (unpaired) electrons. The van der Waals surface area contributed by atoms with Crippen molar-refractivity contribution in [2.75, 3.05) is 46.6 Å². The summed E-state index contributed by atoms with van der Waals surface area (Å²) < 4.78 is 3.46. The summed E-state index contributed by atoms with van der Waals surface area (Å²) in [6.45, 7) is 5.91. The van der Waals surface area contributed by atoms with Crippen molar-refractivity contribution in [2.24, 2.45) is 0 Å². The van der Waals surface area contributed by atoms with E-state index in [2.05, 4.69) is 44.0 Å². The standard InChI is InChI=1S/C63H68N18O7/c1-3-49(82)72-45-25-47(55(86)53(45)84)80-33-68-51-57(66-29-35-13-17-37(18-14-35)43-11-7-5-9-39(43)27-64)74-61(76-59(51)80)78-23-21-41(31-78)70-63(88)71-42-22-24-79(32-42)62-75-58(67-30-36-15-19-38(20-16-36)44-12-8-6-10-40(44)28-65)52-60(77-62)81(34-69-52)48-26-46(54(85)56(48)87)73-50(83)4-2/h5-20,33-34,41-42,45-48,53-56,84-87H,3-4,21-26,29-32H2,1-2H3,(H,72,82)(H,73,83)(H,66,74,76)(H,67,75,77)(H2,70,71,88)/t41-,42-,45+,46+,47-,48-,53-,54-,55+,56+/m1/s1. The Kier molecular flexibility index (Phi) is 16.8. The SMILES string of the molecule is CCC(=O)N[C@H]1C[C@@H](n2cnc3c(NCc4ccc(-c5ccccc5C#N)cc4)nc(N4CC[C@@H](NC(=O)N[C@@H]5CCN(c6nc(NCc7ccc(-c8ccccc8C#N)cc7)c7ncn([C@@H]8C[C@H](NC(=O)CC)[C@@H](O)[C@H]8O)c7n6)C5)C4)nc32)[C@H](O)[C@@H]1O. The molecule has 2 aliphatic heterocycles. The van der Waals surface area contributed by atoms with Crippen molar-refractivity contribution in [3.63, 3.8) is 0 Å². The van der Waals surface area contributed by atoms with E-state index >= 15 is 0 Å². The van der Waals surface area contributed by atoms with Crippen LogP contribution in [0.5, 0.6) is 0 Å². The fraction of sp³-hybridized carbons (Fsp3) is 0.381. The third-order valence-electron chi connectivity index (χ3n) is 17.3. The molecule has 10 N–H and O–H groups in total. The molecule has 4 aliphatic rings. The van der Waals surface area contributed by atoms with Crippen LogP contribution in [-0.2, 0) is 22.7 Å². The summed E-state index contributed by atoms with van der Waals surface area (Å²) in [6, 6.07) is 31.5. The Morgan fingerprint density at radius 1 is 0.545 bits per heavy atom. The second-order valence-electron chi connectivity index (χ2n) is 22.9. The number of benzene rings is 4. The number of nitrogens with one attached hydrogen (secondary N) is 6. The predicted molar refractivity (Wildman–Crippen MR) is 327 cm³/mol. The maximum atomic E-state index is 13.9. The molecular formula is C63H68N18O7. The second kappa shape index (κ2) is 25.3. The van der Waals surface area contributed by atoms with Gasteiger partial charge < -0.3 is 71.3 Å². The molecule has 0 bridgehead atoms. The molecule has 6 heterocycles. The molecule has 452 valence electrons. The molecule has 25 heteroatoms. The van der Waals surface area contributed by atoms with Gasteiger partial charge in [0.05, 0.1) is 60.1 Å². The Balaban J connectivity index is 0.744. The minimum atomic E-state index is -1.23. The summed E-state index contributed by atoms with van der Waals surface area (Å²) in [5.41, 5.74) is 8.21. The lowest BCUT2D eigenvalue weighted by Crippen LogP contribution is -2.48. The van der Waals surface area contributed by atoms with Crippen molar-refractivity contribution in [3.05, 3.63) is 132 Å². The number of aliphatic hydroxyl groups is 4. The minimum Gasteiger partial charge on any atom is -0.388 e. The molecule has 12 rings (SSSR count). The molecule has 4 amide bonds. The van der Waals surface area contributed by atoms with E-state index < -0.39 is 48.6 Å². The first-order chi connectivity index (χ1) is 42.8. The highest BCUT2D eigenvalue weighted by molar-refractivity contribution is 5.86. The average Bonchev–Trinajstić information content (AvgIpc) is 1.87. The molecular weight excluding hydrogens is 1120 g/mol. The fourth-order valence-corrected chi connectivity index (χ4v) is 12.5. The van der Waals surface area contributed by atoms with Crippen molar-refractivity contribution in [2.45, 2.75) is 126 Å². The van der Waals surface area contributed by atoms with E-state index in [0.29, 0.717) is 109 Å². The zero-order chi connectivity index (χ0) is 61.2. The van der Waals surface area contributed by atoms with E-state index in [1.54, 1.807) is 47.8 Å². The molecule has 8 aromatic rings. The number of carbonyl (C=O) groups is 3. The average molecular weight is 1190 g/mol. The molecule has 0 unspecified atom stereocenters. The molecule has 2 saturated carbocycles. The maximum absolute atomic E-state index is 13.9. The van der Waals surface area contributed by atoms with E-state index in [-0.39, 0.29) is 55.6 Å². The second-order valence-corrected chi connectivity index (χ2v) is 22.9. The van der Waals surface area contributed by atoms with Crippen LogP contribution in [0.15, 0.2) is 110 Å². The zero-order valence-electron chi connectivity index (χ0n) is 48.5. The number of aromatic nitrogens is 8. The molecule has 88 heavy (non-hydrogen) atoms. The van der Waals surface area contributed by atoms with Gasteiger partial charge in [0, 0.05) is 64.2 Å². The van der Waals surface area contributed by atoms with Crippen LogP contribution in [0.1, 0.15) is 86.7 Å². The Bertz CT molecular complexity index is 3720. The highest BCUT2D eigenvalue weighted by Gasteiger charge is 2.45. The topological polar surface area (TPSA) is 346 Å². The smallest absolute Gasteiger partial charge is 0.315 e. The number of urea groups is 1. The number of anilines is 4. The number of hydrogen-bond acceptors (Lipinski definition) is 19. The minimum absolute atomic E-state index is 0.224. The lowest BCUT2D eigenvalue weighted by Gasteiger charge is -2.21. The van der Waals surface area contributed by atoms with E-state index in [4.69, 9.17) is 29.9 Å². The number of aliphatic hydroxyl groups excluding tert-OH is 4. The first-order valence-corrected chi connectivity index (χ1v) is 29.8. The largest absolute Gasteiger partial charge is 0.388 e. The van der Waals surface area contributed by atoms with Crippen LogP contribution in [0.4, 0.5) is 28.3 Å². The fourth-order valence-electron chi connectivity index (χ4n) is 12.5. The summed E-state index contributed by atoms with van der Waals surface area (Å²) in [5, 5.41) is 83.3. The highest BCUT2D eigenvalue weighted by Crippen LogP contribution is 2.38. The normalized spacial score (nSPS) is 23.2. The van der Waals surface area contributed by atoms with Gasteiger partial charge in [-0.25, -0.2) is 14.8 Å².